The van der Waals surface area contributed by atoms with Crippen molar-refractivity contribution in [1.29, 1.82) is 0 Å². The van der Waals surface area contributed by atoms with Crippen LogP contribution in [0.1, 0.15) is 18.1 Å². The molecule has 0 radical (unpaired) electrons. The lowest BCUT2D eigenvalue weighted by Crippen LogP contribution is -2.19. The second kappa shape index (κ2) is 5.96. The van der Waals surface area contributed by atoms with Crippen LogP contribution in [0.5, 0.6) is 0 Å². The quantitative estimate of drug-likeness (QED) is 0.771. The number of aryl methyl sites for hydroxylation is 1. The van der Waals surface area contributed by atoms with E-state index in [-0.39, 0.29) is 10.8 Å². The smallest absolute Gasteiger partial charge is 0.263 e. The maximum absolute atomic E-state index is 12.2. The van der Waals surface area contributed by atoms with E-state index in [0.717, 1.165) is 5.56 Å². The maximum atomic E-state index is 12.2. The average molecular weight is 308 g/mol. The fourth-order valence-electron chi connectivity index (χ4n) is 1.66. The molecular weight excluding hydrogens is 292 g/mol. The Morgan fingerprint density at radius 3 is 2.48 bits per heavy atom. The fraction of sp³-hybridized carbons (Fsp3) is 0.231. The van der Waals surface area contributed by atoms with Crippen LogP contribution in [0.25, 0.3) is 0 Å². The standard InChI is InChI=1S/C13H16N4O3S/c1-9-7-15-16-13(9)17-21(19,20)12-5-3-11(4-6-12)8-14-10(2)18/h3-7H,8H2,1-2H3,(H,14,18)(H2,15,16,17). The highest BCUT2D eigenvalue weighted by Gasteiger charge is 2.16. The van der Waals surface area contributed by atoms with Crippen LogP contribution in [0.4, 0.5) is 5.82 Å². The maximum Gasteiger partial charge on any atom is 0.263 e. The van der Waals surface area contributed by atoms with Crippen LogP contribution in [0.15, 0.2) is 35.4 Å². The summed E-state index contributed by atoms with van der Waals surface area (Å²) in [7, 11) is -3.66. The summed E-state index contributed by atoms with van der Waals surface area (Å²) < 4.78 is 26.8. The van der Waals surface area contributed by atoms with Gasteiger partial charge in [0, 0.05) is 19.0 Å². The van der Waals surface area contributed by atoms with E-state index in [2.05, 4.69) is 20.2 Å². The molecule has 0 fully saturated rings. The zero-order chi connectivity index (χ0) is 15.5. The third-order valence-corrected chi connectivity index (χ3v) is 4.21. The predicted molar refractivity (Wildman–Crippen MR) is 78.1 cm³/mol. The van der Waals surface area contributed by atoms with Crippen molar-refractivity contribution in [2.24, 2.45) is 0 Å². The van der Waals surface area contributed by atoms with Gasteiger partial charge >= 0.3 is 0 Å². The zero-order valence-electron chi connectivity index (χ0n) is 11.7. The number of anilines is 1. The molecule has 0 saturated heterocycles. The Bertz CT molecular complexity index is 735. The van der Waals surface area contributed by atoms with Crippen molar-refractivity contribution in [2.45, 2.75) is 25.3 Å². The van der Waals surface area contributed by atoms with Crippen LogP contribution in [0.3, 0.4) is 0 Å². The summed E-state index contributed by atoms with van der Waals surface area (Å²) in [5.41, 5.74) is 1.53. The second-order valence-corrected chi connectivity index (χ2v) is 6.27. The molecule has 0 unspecified atom stereocenters. The molecule has 2 aromatic rings. The third kappa shape index (κ3) is 3.82. The van der Waals surface area contributed by atoms with E-state index in [1.165, 1.54) is 25.3 Å². The minimum Gasteiger partial charge on any atom is -0.352 e. The van der Waals surface area contributed by atoms with Gasteiger partial charge in [-0.2, -0.15) is 5.10 Å². The van der Waals surface area contributed by atoms with E-state index < -0.39 is 10.0 Å². The Kier molecular flexibility index (Phi) is 4.27. The first-order valence-corrected chi connectivity index (χ1v) is 7.73. The molecule has 0 spiro atoms. The number of hydrogen-bond acceptors (Lipinski definition) is 4. The first-order valence-electron chi connectivity index (χ1n) is 6.24. The normalized spacial score (nSPS) is 11.1. The number of benzene rings is 1. The predicted octanol–water partition coefficient (Wildman–Crippen LogP) is 1.16. The SMILES string of the molecule is CC(=O)NCc1ccc(S(=O)(=O)Nc2[nH]ncc2C)cc1. The molecule has 0 aliphatic carbocycles. The summed E-state index contributed by atoms with van der Waals surface area (Å²) in [4.78, 5) is 11.0. The van der Waals surface area contributed by atoms with Gasteiger partial charge in [0.05, 0.1) is 11.1 Å². The zero-order valence-corrected chi connectivity index (χ0v) is 12.5. The first kappa shape index (κ1) is 15.0. The molecule has 0 bridgehead atoms. The number of carbonyl (C=O) groups excluding carboxylic acids is 1. The number of aromatic nitrogens is 2. The van der Waals surface area contributed by atoms with Crippen molar-refractivity contribution >= 4 is 21.7 Å². The van der Waals surface area contributed by atoms with E-state index in [1.54, 1.807) is 19.1 Å². The summed E-state index contributed by atoms with van der Waals surface area (Å²) in [6, 6.07) is 6.30. The summed E-state index contributed by atoms with van der Waals surface area (Å²) in [5.74, 6) is 0.209. The molecule has 8 heteroatoms. The molecule has 0 saturated carbocycles. The van der Waals surface area contributed by atoms with Crippen molar-refractivity contribution in [3.63, 3.8) is 0 Å². The average Bonchev–Trinajstić information content (AvgIpc) is 2.82. The Balaban J connectivity index is 2.13. The van der Waals surface area contributed by atoms with Gasteiger partial charge < -0.3 is 5.32 Å². The van der Waals surface area contributed by atoms with E-state index in [0.29, 0.717) is 17.9 Å². The number of rotatable bonds is 5. The van der Waals surface area contributed by atoms with Crippen LogP contribution in [-0.2, 0) is 21.4 Å². The Hall–Kier alpha value is -2.35. The Morgan fingerprint density at radius 1 is 1.29 bits per heavy atom. The van der Waals surface area contributed by atoms with E-state index in [9.17, 15) is 13.2 Å². The summed E-state index contributed by atoms with van der Waals surface area (Å²) >= 11 is 0. The molecule has 7 nitrogen and oxygen atoms in total. The summed E-state index contributed by atoms with van der Waals surface area (Å²) in [5, 5.41) is 9.00. The topological polar surface area (TPSA) is 104 Å². The third-order valence-electron chi connectivity index (χ3n) is 2.84. The van der Waals surface area contributed by atoms with Gasteiger partial charge in [-0.15, -0.1) is 0 Å². The Labute approximate surface area is 122 Å². The van der Waals surface area contributed by atoms with Gasteiger partial charge in [-0.3, -0.25) is 14.6 Å². The highest BCUT2D eigenvalue weighted by molar-refractivity contribution is 7.92. The number of carbonyl (C=O) groups is 1. The monoisotopic (exact) mass is 308 g/mol. The minimum absolute atomic E-state index is 0.136. The van der Waals surface area contributed by atoms with Crippen LogP contribution in [-0.4, -0.2) is 24.5 Å². The molecule has 21 heavy (non-hydrogen) atoms. The lowest BCUT2D eigenvalue weighted by atomic mass is 10.2. The summed E-state index contributed by atoms with van der Waals surface area (Å²) in [6.07, 6.45) is 1.54. The number of nitrogens with one attached hydrogen (secondary N) is 3. The molecular formula is C13H16N4O3S. The van der Waals surface area contributed by atoms with Gasteiger partial charge in [-0.25, -0.2) is 8.42 Å². The molecule has 1 aromatic carbocycles. The Morgan fingerprint density at radius 2 is 1.95 bits per heavy atom. The number of nitrogens with zero attached hydrogens (tertiary/aromatic N) is 1. The molecule has 1 amide bonds. The van der Waals surface area contributed by atoms with Crippen LogP contribution in [0.2, 0.25) is 0 Å². The molecule has 3 N–H and O–H groups in total. The first-order chi connectivity index (χ1) is 9.88. The lowest BCUT2D eigenvalue weighted by molar-refractivity contribution is -0.119. The molecule has 0 atom stereocenters. The van der Waals surface area contributed by atoms with E-state index in [4.69, 9.17) is 0 Å². The van der Waals surface area contributed by atoms with Gasteiger partial charge in [0.25, 0.3) is 10.0 Å². The summed E-state index contributed by atoms with van der Waals surface area (Å²) in [6.45, 7) is 3.54. The molecule has 2 rings (SSSR count). The van der Waals surface area contributed by atoms with Crippen molar-refractivity contribution in [1.82, 2.24) is 15.5 Å². The molecule has 112 valence electrons. The highest BCUT2D eigenvalue weighted by Crippen LogP contribution is 2.17. The number of sulfonamides is 1. The van der Waals surface area contributed by atoms with Gasteiger partial charge in [-0.05, 0) is 24.6 Å². The van der Waals surface area contributed by atoms with Crippen LogP contribution < -0.4 is 10.0 Å². The van der Waals surface area contributed by atoms with Crippen molar-refractivity contribution in [3.8, 4) is 0 Å². The van der Waals surface area contributed by atoms with Crippen molar-refractivity contribution < 1.29 is 13.2 Å². The number of H-pyrrole nitrogens is 1. The molecule has 0 aliphatic rings. The second-order valence-electron chi connectivity index (χ2n) is 4.59. The number of aromatic amines is 1. The van der Waals surface area contributed by atoms with E-state index in [1.807, 2.05) is 0 Å². The van der Waals surface area contributed by atoms with E-state index >= 15 is 0 Å². The van der Waals surface area contributed by atoms with Gasteiger partial charge in [0.15, 0.2) is 0 Å². The lowest BCUT2D eigenvalue weighted by Gasteiger charge is -2.08. The number of hydrogen-bond donors (Lipinski definition) is 3. The fourth-order valence-corrected chi connectivity index (χ4v) is 2.74. The van der Waals surface area contributed by atoms with Crippen molar-refractivity contribution in [3.05, 3.63) is 41.6 Å². The van der Waals surface area contributed by atoms with Gasteiger partial charge in [-0.1, -0.05) is 12.1 Å². The molecule has 0 aliphatic heterocycles. The molecule has 1 aromatic heterocycles. The number of amides is 1. The highest BCUT2D eigenvalue weighted by atomic mass is 32.2. The molecule has 1 heterocycles. The van der Waals surface area contributed by atoms with Gasteiger partial charge in [0.2, 0.25) is 5.91 Å². The minimum atomic E-state index is -3.66. The van der Waals surface area contributed by atoms with Gasteiger partial charge in [0.1, 0.15) is 5.82 Å². The largest absolute Gasteiger partial charge is 0.352 e. The van der Waals surface area contributed by atoms with Crippen LogP contribution >= 0.6 is 0 Å². The van der Waals surface area contributed by atoms with Crippen LogP contribution in [0, 0.1) is 6.92 Å². The van der Waals surface area contributed by atoms with Crippen molar-refractivity contribution in [2.75, 3.05) is 4.72 Å².